The van der Waals surface area contributed by atoms with Crippen LogP contribution < -0.4 is 0 Å². The van der Waals surface area contributed by atoms with Gasteiger partial charge in [0.25, 0.3) is 0 Å². The average Bonchev–Trinajstić information content (AvgIpc) is 2.73. The molecule has 0 amide bonds. The highest BCUT2D eigenvalue weighted by Gasteiger charge is 2.04. The molecular weight excluding hydrogens is 362 g/mol. The molecule has 30 heavy (non-hydrogen) atoms. The van der Waals surface area contributed by atoms with Gasteiger partial charge in [-0.25, -0.2) is 0 Å². The van der Waals surface area contributed by atoms with Crippen molar-refractivity contribution in [3.05, 3.63) is 83.4 Å². The van der Waals surface area contributed by atoms with Gasteiger partial charge in [-0.05, 0) is 76.3 Å². The smallest absolute Gasteiger partial charge is 0.0720 e. The van der Waals surface area contributed by atoms with Crippen LogP contribution >= 0.6 is 0 Å². The Bertz CT molecular complexity index is 772. The molecule has 0 aliphatic heterocycles. The van der Waals surface area contributed by atoms with Gasteiger partial charge in [0.05, 0.1) is 6.04 Å². The SMILES string of the molecule is C=C(C)c1ccccc1C(=C)C.CC.CC.CC(C)=NC(C)c1ccc(C)c(C)c1. The van der Waals surface area contributed by atoms with Gasteiger partial charge in [0, 0.05) is 5.71 Å². The maximum absolute atomic E-state index is 4.54. The summed E-state index contributed by atoms with van der Waals surface area (Å²) in [6.07, 6.45) is 0. The standard InChI is InChI=1S/C13H19N.C12H14.2C2H6/c1-9(2)14-12(5)13-7-6-10(3)11(4)8-13;1-9(2)11-7-5-6-8-12(11)10(3)4;2*1-2/h6-8,12H,1-5H3;5-8H,1,3H2,2,4H3;2*1-2H3. The highest BCUT2D eigenvalue weighted by Crippen LogP contribution is 2.22. The first-order chi connectivity index (χ1) is 14.1. The first-order valence-electron chi connectivity index (χ1n) is 11.1. The largest absolute Gasteiger partial charge is 0.287 e. The average molecular weight is 408 g/mol. The second-order valence-corrected chi connectivity index (χ2v) is 7.20. The third-order valence-corrected chi connectivity index (χ3v) is 4.31. The molecule has 166 valence electrons. The van der Waals surface area contributed by atoms with E-state index in [2.05, 4.69) is 69.3 Å². The molecule has 2 aromatic rings. The monoisotopic (exact) mass is 407 g/mol. The first-order valence-corrected chi connectivity index (χ1v) is 11.1. The Labute approximate surface area is 187 Å². The van der Waals surface area contributed by atoms with Crippen LogP contribution in [0.25, 0.3) is 11.1 Å². The van der Waals surface area contributed by atoms with Gasteiger partial charge in [-0.2, -0.15) is 0 Å². The number of aliphatic imine (C=N–C) groups is 1. The van der Waals surface area contributed by atoms with E-state index in [9.17, 15) is 0 Å². The Balaban J connectivity index is 0. The molecule has 0 aromatic heterocycles. The summed E-state index contributed by atoms with van der Waals surface area (Å²) in [6, 6.07) is 15.0. The molecule has 2 rings (SSSR count). The summed E-state index contributed by atoms with van der Waals surface area (Å²) in [5.74, 6) is 0. The Morgan fingerprint density at radius 1 is 0.733 bits per heavy atom. The summed E-state index contributed by atoms with van der Waals surface area (Å²) >= 11 is 0. The maximum atomic E-state index is 4.54. The van der Waals surface area contributed by atoms with E-state index in [4.69, 9.17) is 0 Å². The molecule has 0 N–H and O–H groups in total. The third kappa shape index (κ3) is 11.0. The van der Waals surface area contributed by atoms with Crippen LogP contribution in [0.2, 0.25) is 0 Å². The summed E-state index contributed by atoms with van der Waals surface area (Å²) in [4.78, 5) is 4.54. The molecule has 0 saturated carbocycles. The lowest BCUT2D eigenvalue weighted by molar-refractivity contribution is 0.816. The fraction of sp³-hybridized carbons (Fsp3) is 0.414. The fourth-order valence-corrected chi connectivity index (χ4v) is 2.71. The molecule has 0 aliphatic carbocycles. The minimum atomic E-state index is 0.277. The lowest BCUT2D eigenvalue weighted by Crippen LogP contribution is -1.94. The van der Waals surface area contributed by atoms with Gasteiger partial charge >= 0.3 is 0 Å². The van der Waals surface area contributed by atoms with Crippen molar-refractivity contribution in [3.63, 3.8) is 0 Å². The molecule has 1 unspecified atom stereocenters. The van der Waals surface area contributed by atoms with Crippen LogP contribution in [-0.2, 0) is 0 Å². The van der Waals surface area contributed by atoms with Gasteiger partial charge in [-0.15, -0.1) is 0 Å². The second kappa shape index (κ2) is 16.4. The quantitative estimate of drug-likeness (QED) is 0.447. The minimum absolute atomic E-state index is 0.277. The number of rotatable bonds is 4. The van der Waals surface area contributed by atoms with Crippen molar-refractivity contribution in [1.29, 1.82) is 0 Å². The number of benzene rings is 2. The Hall–Kier alpha value is -2.41. The third-order valence-electron chi connectivity index (χ3n) is 4.31. The van der Waals surface area contributed by atoms with Gasteiger partial charge in [0.1, 0.15) is 0 Å². The molecule has 2 aromatic carbocycles. The summed E-state index contributed by atoms with van der Waals surface area (Å²) in [5.41, 5.74) is 9.71. The molecule has 0 bridgehead atoms. The highest BCUT2D eigenvalue weighted by atomic mass is 14.8. The van der Waals surface area contributed by atoms with E-state index < -0.39 is 0 Å². The van der Waals surface area contributed by atoms with Gasteiger partial charge < -0.3 is 0 Å². The minimum Gasteiger partial charge on any atom is -0.287 e. The molecule has 0 radical (unpaired) electrons. The molecule has 0 fully saturated rings. The van der Waals surface area contributed by atoms with E-state index in [1.165, 1.54) is 27.8 Å². The fourth-order valence-electron chi connectivity index (χ4n) is 2.71. The van der Waals surface area contributed by atoms with Gasteiger partial charge in [0.15, 0.2) is 0 Å². The van der Waals surface area contributed by atoms with E-state index in [1.807, 2.05) is 67.5 Å². The number of aryl methyl sites for hydroxylation is 2. The normalized spacial score (nSPS) is 9.97. The summed E-state index contributed by atoms with van der Waals surface area (Å²) < 4.78 is 0. The van der Waals surface area contributed by atoms with Crippen LogP contribution in [0.4, 0.5) is 0 Å². The zero-order valence-corrected chi connectivity index (χ0v) is 21.5. The summed E-state index contributed by atoms with van der Waals surface area (Å²) in [6.45, 7) is 30.4. The van der Waals surface area contributed by atoms with E-state index in [0.717, 1.165) is 16.9 Å². The van der Waals surface area contributed by atoms with Crippen molar-refractivity contribution in [3.8, 4) is 0 Å². The number of nitrogens with zero attached hydrogens (tertiary/aromatic N) is 1. The Morgan fingerprint density at radius 2 is 1.17 bits per heavy atom. The molecule has 0 heterocycles. The lowest BCUT2D eigenvalue weighted by atomic mass is 9.98. The van der Waals surface area contributed by atoms with Crippen LogP contribution in [-0.4, -0.2) is 5.71 Å². The van der Waals surface area contributed by atoms with Crippen molar-refractivity contribution < 1.29 is 0 Å². The lowest BCUT2D eigenvalue weighted by Gasteiger charge is -2.09. The Morgan fingerprint density at radius 3 is 1.50 bits per heavy atom. The molecular formula is C29H45N. The van der Waals surface area contributed by atoms with Crippen LogP contribution in [0.3, 0.4) is 0 Å². The topological polar surface area (TPSA) is 12.4 Å². The Kier molecular flexibility index (Phi) is 16.3. The maximum Gasteiger partial charge on any atom is 0.0720 e. The van der Waals surface area contributed by atoms with Crippen LogP contribution in [0.1, 0.15) is 96.2 Å². The van der Waals surface area contributed by atoms with E-state index in [-0.39, 0.29) is 6.04 Å². The predicted molar refractivity (Wildman–Crippen MR) is 142 cm³/mol. The molecule has 0 saturated heterocycles. The molecule has 0 spiro atoms. The summed E-state index contributed by atoms with van der Waals surface area (Å²) in [7, 11) is 0. The zero-order chi connectivity index (χ0) is 23.9. The van der Waals surface area contributed by atoms with Crippen molar-refractivity contribution in [2.45, 2.75) is 82.2 Å². The van der Waals surface area contributed by atoms with E-state index >= 15 is 0 Å². The number of hydrogen-bond donors (Lipinski definition) is 0. The number of allylic oxidation sites excluding steroid dienone is 2. The van der Waals surface area contributed by atoms with E-state index in [0.29, 0.717) is 0 Å². The van der Waals surface area contributed by atoms with Gasteiger partial charge in [0.2, 0.25) is 0 Å². The molecule has 1 nitrogen and oxygen atoms in total. The molecule has 1 atom stereocenters. The van der Waals surface area contributed by atoms with Crippen LogP contribution in [0.5, 0.6) is 0 Å². The molecule has 1 heteroatoms. The summed E-state index contributed by atoms with van der Waals surface area (Å²) in [5, 5.41) is 0. The van der Waals surface area contributed by atoms with Crippen molar-refractivity contribution in [1.82, 2.24) is 0 Å². The van der Waals surface area contributed by atoms with E-state index in [1.54, 1.807) is 0 Å². The second-order valence-electron chi connectivity index (χ2n) is 7.20. The first kappa shape index (κ1) is 29.8. The van der Waals surface area contributed by atoms with Crippen LogP contribution in [0, 0.1) is 13.8 Å². The van der Waals surface area contributed by atoms with Crippen LogP contribution in [0.15, 0.2) is 60.6 Å². The van der Waals surface area contributed by atoms with Crippen molar-refractivity contribution >= 4 is 16.9 Å². The predicted octanol–water partition coefficient (Wildman–Crippen LogP) is 9.65. The number of hydrogen-bond acceptors (Lipinski definition) is 1. The highest BCUT2D eigenvalue weighted by molar-refractivity contribution is 5.79. The van der Waals surface area contributed by atoms with Crippen molar-refractivity contribution in [2.24, 2.45) is 4.99 Å². The molecule has 0 aliphatic rings. The van der Waals surface area contributed by atoms with Gasteiger partial charge in [-0.3, -0.25) is 4.99 Å². The zero-order valence-electron chi connectivity index (χ0n) is 21.5. The van der Waals surface area contributed by atoms with Crippen molar-refractivity contribution in [2.75, 3.05) is 0 Å². The van der Waals surface area contributed by atoms with Gasteiger partial charge in [-0.1, -0.05) is 94.5 Å².